The number of fused-ring (bicyclic) bond motifs is 1. The van der Waals surface area contributed by atoms with Crippen LogP contribution in [0.3, 0.4) is 0 Å². The molecule has 4 rings (SSSR count). The molecular weight excluding hydrogens is 431 g/mol. The summed E-state index contributed by atoms with van der Waals surface area (Å²) >= 11 is 1.37. The number of nitrogens with one attached hydrogen (secondary N) is 2. The Balaban J connectivity index is 1.47. The van der Waals surface area contributed by atoms with Gasteiger partial charge in [0.1, 0.15) is 11.5 Å². The molecule has 1 aromatic carbocycles. The number of anilines is 1. The number of alkyl halides is 1. The third kappa shape index (κ3) is 5.13. The minimum Gasteiger partial charge on any atom is -0.362 e. The molecule has 32 heavy (non-hydrogen) atoms. The maximum Gasteiger partial charge on any atom is 0.273 e. The summed E-state index contributed by atoms with van der Waals surface area (Å²) in [6.07, 6.45) is 1.78. The minimum absolute atomic E-state index is 0.00436. The van der Waals surface area contributed by atoms with Gasteiger partial charge < -0.3 is 20.1 Å². The van der Waals surface area contributed by atoms with Crippen molar-refractivity contribution in [2.24, 2.45) is 0 Å². The molecule has 0 radical (unpaired) electrons. The molecule has 1 aliphatic rings. The number of thiazole rings is 1. The number of imidazole rings is 1. The van der Waals surface area contributed by atoms with Crippen molar-refractivity contribution >= 4 is 28.3 Å². The van der Waals surface area contributed by atoms with Gasteiger partial charge >= 0.3 is 0 Å². The first-order valence-electron chi connectivity index (χ1n) is 10.5. The van der Waals surface area contributed by atoms with Gasteiger partial charge in [-0.25, -0.2) is 14.4 Å². The second-order valence-electron chi connectivity index (χ2n) is 7.61. The summed E-state index contributed by atoms with van der Waals surface area (Å²) in [5, 5.41) is 8.27. The molecule has 0 aliphatic carbocycles. The van der Waals surface area contributed by atoms with E-state index in [9.17, 15) is 14.0 Å². The Kier molecular flexibility index (Phi) is 6.79. The SMILES string of the molecule is CCNc1nc(C(=O)N2Cc3nccn3CC(NC(=O)C(F)Cc3ccccc3)C2)cs1. The third-order valence-electron chi connectivity index (χ3n) is 5.22. The van der Waals surface area contributed by atoms with Gasteiger partial charge in [-0.05, 0) is 12.5 Å². The molecule has 0 saturated carbocycles. The highest BCUT2D eigenvalue weighted by atomic mass is 32.1. The standard InChI is InChI=1S/C22H25FN6O2S/c1-2-24-22-27-18(14-32-22)21(31)29-12-16(11-28-9-8-25-19(28)13-29)26-20(30)17(23)10-15-6-4-3-5-7-15/h3-9,14,16-17H,2,10-13H2,1H3,(H,24,27)(H,26,30). The third-order valence-corrected chi connectivity index (χ3v) is 6.02. The molecule has 2 amide bonds. The van der Waals surface area contributed by atoms with E-state index in [0.717, 1.165) is 5.56 Å². The van der Waals surface area contributed by atoms with E-state index in [4.69, 9.17) is 0 Å². The van der Waals surface area contributed by atoms with Gasteiger partial charge in [-0.3, -0.25) is 9.59 Å². The molecule has 0 saturated heterocycles. The van der Waals surface area contributed by atoms with E-state index in [-0.39, 0.29) is 25.4 Å². The number of amides is 2. The summed E-state index contributed by atoms with van der Waals surface area (Å²) in [6.45, 7) is 3.60. The quantitative estimate of drug-likeness (QED) is 0.570. The van der Waals surface area contributed by atoms with E-state index in [1.165, 1.54) is 11.3 Å². The Labute approximate surface area is 189 Å². The molecule has 8 nitrogen and oxygen atoms in total. The van der Waals surface area contributed by atoms with Crippen LogP contribution < -0.4 is 10.6 Å². The minimum atomic E-state index is -1.67. The van der Waals surface area contributed by atoms with Crippen molar-refractivity contribution in [3.8, 4) is 0 Å². The van der Waals surface area contributed by atoms with E-state index < -0.39 is 18.1 Å². The summed E-state index contributed by atoms with van der Waals surface area (Å²) in [6, 6.07) is 8.60. The normalized spacial score (nSPS) is 16.7. The summed E-state index contributed by atoms with van der Waals surface area (Å²) in [7, 11) is 0. The Bertz CT molecular complexity index is 1070. The van der Waals surface area contributed by atoms with Crippen molar-refractivity contribution in [2.45, 2.75) is 38.6 Å². The van der Waals surface area contributed by atoms with Crippen LogP contribution in [0, 0.1) is 0 Å². The van der Waals surface area contributed by atoms with Crippen molar-refractivity contribution in [3.63, 3.8) is 0 Å². The maximum atomic E-state index is 14.6. The Hall–Kier alpha value is -3.27. The highest BCUT2D eigenvalue weighted by Crippen LogP contribution is 2.19. The fourth-order valence-corrected chi connectivity index (χ4v) is 4.43. The number of halogens is 1. The Morgan fingerprint density at radius 2 is 2.09 bits per heavy atom. The fourth-order valence-electron chi connectivity index (χ4n) is 3.67. The smallest absolute Gasteiger partial charge is 0.273 e. The molecule has 0 spiro atoms. The van der Waals surface area contributed by atoms with E-state index >= 15 is 0 Å². The number of hydrogen-bond donors (Lipinski definition) is 2. The average molecular weight is 457 g/mol. The molecule has 2 unspecified atom stereocenters. The molecule has 2 aromatic heterocycles. The summed E-state index contributed by atoms with van der Waals surface area (Å²) in [5.74, 6) is -0.224. The molecule has 168 valence electrons. The topological polar surface area (TPSA) is 92.2 Å². The second kappa shape index (κ2) is 9.90. The zero-order chi connectivity index (χ0) is 22.5. The number of carbonyl (C=O) groups excluding carboxylic acids is 2. The molecule has 2 atom stereocenters. The largest absolute Gasteiger partial charge is 0.362 e. The Morgan fingerprint density at radius 1 is 1.28 bits per heavy atom. The first-order valence-corrected chi connectivity index (χ1v) is 11.4. The van der Waals surface area contributed by atoms with Gasteiger partial charge in [-0.15, -0.1) is 11.3 Å². The lowest BCUT2D eigenvalue weighted by Crippen LogP contribution is -2.48. The maximum absolute atomic E-state index is 14.6. The lowest BCUT2D eigenvalue weighted by molar-refractivity contribution is -0.126. The van der Waals surface area contributed by atoms with Crippen LogP contribution in [0.1, 0.15) is 28.8 Å². The number of benzene rings is 1. The number of aromatic nitrogens is 3. The van der Waals surface area contributed by atoms with Gasteiger partial charge in [-0.2, -0.15) is 0 Å². The van der Waals surface area contributed by atoms with Gasteiger partial charge in [0.15, 0.2) is 11.3 Å². The van der Waals surface area contributed by atoms with Crippen LogP contribution in [0.5, 0.6) is 0 Å². The van der Waals surface area contributed by atoms with Crippen molar-refractivity contribution < 1.29 is 14.0 Å². The molecule has 0 bridgehead atoms. The first-order chi connectivity index (χ1) is 15.5. The predicted molar refractivity (Wildman–Crippen MR) is 120 cm³/mol. The van der Waals surface area contributed by atoms with Crippen LogP contribution in [-0.2, 0) is 24.3 Å². The predicted octanol–water partition coefficient (Wildman–Crippen LogP) is 2.49. The van der Waals surface area contributed by atoms with Crippen molar-refractivity contribution in [2.75, 3.05) is 18.4 Å². The highest BCUT2D eigenvalue weighted by Gasteiger charge is 2.30. The lowest BCUT2D eigenvalue weighted by Gasteiger charge is -2.24. The zero-order valence-electron chi connectivity index (χ0n) is 17.7. The molecule has 3 aromatic rings. The molecule has 3 heterocycles. The summed E-state index contributed by atoms with van der Waals surface area (Å²) < 4.78 is 16.5. The number of carbonyl (C=O) groups is 2. The van der Waals surface area contributed by atoms with Crippen LogP contribution >= 0.6 is 11.3 Å². The molecule has 2 N–H and O–H groups in total. The second-order valence-corrected chi connectivity index (χ2v) is 8.47. The van der Waals surface area contributed by atoms with Gasteiger partial charge in [0.2, 0.25) is 0 Å². The van der Waals surface area contributed by atoms with Gasteiger partial charge in [0, 0.05) is 43.8 Å². The van der Waals surface area contributed by atoms with Crippen LogP contribution in [0.25, 0.3) is 0 Å². The van der Waals surface area contributed by atoms with Crippen LogP contribution in [0.15, 0.2) is 48.1 Å². The number of rotatable bonds is 7. The van der Waals surface area contributed by atoms with Crippen molar-refractivity contribution in [3.05, 3.63) is 65.2 Å². The molecule has 10 heteroatoms. The van der Waals surface area contributed by atoms with Crippen LogP contribution in [-0.4, -0.2) is 56.6 Å². The van der Waals surface area contributed by atoms with E-state index in [1.54, 1.807) is 34.8 Å². The monoisotopic (exact) mass is 456 g/mol. The van der Waals surface area contributed by atoms with Crippen LogP contribution in [0.2, 0.25) is 0 Å². The highest BCUT2D eigenvalue weighted by molar-refractivity contribution is 7.13. The van der Waals surface area contributed by atoms with Crippen molar-refractivity contribution in [1.29, 1.82) is 0 Å². The number of hydrogen-bond acceptors (Lipinski definition) is 6. The molecule has 1 aliphatic heterocycles. The summed E-state index contributed by atoms with van der Waals surface area (Å²) in [4.78, 5) is 36.0. The van der Waals surface area contributed by atoms with Crippen molar-refractivity contribution in [1.82, 2.24) is 24.8 Å². The zero-order valence-corrected chi connectivity index (χ0v) is 18.5. The van der Waals surface area contributed by atoms with E-state index in [0.29, 0.717) is 29.7 Å². The fraction of sp³-hybridized carbons (Fsp3) is 0.364. The average Bonchev–Trinajstić information content (AvgIpc) is 3.40. The summed E-state index contributed by atoms with van der Waals surface area (Å²) in [5.41, 5.74) is 1.09. The van der Waals surface area contributed by atoms with E-state index in [2.05, 4.69) is 20.6 Å². The molecular formula is C22H25FN6O2S. The van der Waals surface area contributed by atoms with Gasteiger partial charge in [-0.1, -0.05) is 30.3 Å². The lowest BCUT2D eigenvalue weighted by atomic mass is 10.1. The Morgan fingerprint density at radius 3 is 2.88 bits per heavy atom. The number of nitrogens with zero attached hydrogens (tertiary/aromatic N) is 4. The van der Waals surface area contributed by atoms with E-state index in [1.807, 2.05) is 29.7 Å². The first kappa shape index (κ1) is 21.9. The van der Waals surface area contributed by atoms with Gasteiger partial charge in [0.25, 0.3) is 11.8 Å². The van der Waals surface area contributed by atoms with Crippen LogP contribution in [0.4, 0.5) is 9.52 Å². The van der Waals surface area contributed by atoms with Gasteiger partial charge in [0.05, 0.1) is 12.6 Å². The molecule has 0 fully saturated rings.